The van der Waals surface area contributed by atoms with Crippen LogP contribution in [0.2, 0.25) is 5.02 Å². The summed E-state index contributed by atoms with van der Waals surface area (Å²) >= 11 is 5.54. The van der Waals surface area contributed by atoms with Gasteiger partial charge >= 0.3 is 11.9 Å². The summed E-state index contributed by atoms with van der Waals surface area (Å²) < 4.78 is 48.5. The molecule has 1 aromatic heterocycles. The molecule has 2 rings (SSSR count). The maximum Gasteiger partial charge on any atom is 0.418 e. The van der Waals surface area contributed by atoms with Crippen LogP contribution in [0.1, 0.15) is 5.56 Å². The molecule has 7 nitrogen and oxygen atoms in total. The second-order valence-electron chi connectivity index (χ2n) is 3.95. The maximum absolute atomic E-state index is 12.9. The van der Waals surface area contributed by atoms with E-state index < -0.39 is 32.9 Å². The largest absolute Gasteiger partial charge is 0.477 e. The third-order valence-corrected chi connectivity index (χ3v) is 3.07. The molecule has 0 radical (unpaired) electrons. The average Bonchev–Trinajstić information content (AvgIpc) is 2.43. The van der Waals surface area contributed by atoms with Gasteiger partial charge in [0, 0.05) is 0 Å². The Morgan fingerprint density at radius 2 is 1.77 bits per heavy atom. The van der Waals surface area contributed by atoms with Crippen LogP contribution >= 0.6 is 11.6 Å². The number of hydrogen-bond donors (Lipinski definition) is 0. The minimum Gasteiger partial charge on any atom is -0.477 e. The number of benzene rings is 1. The molecule has 0 saturated carbocycles. The van der Waals surface area contributed by atoms with Gasteiger partial charge in [0.25, 0.3) is 11.8 Å². The standard InChI is InChI=1S/C11H7ClF3N3O4/c1-21-9-10(22-2)17-7-5(16-9)3-4(11(13,14)15)6(12)8(7)18(19)20/h3H,1-2H3. The fourth-order valence-corrected chi connectivity index (χ4v) is 2.08. The van der Waals surface area contributed by atoms with Crippen molar-refractivity contribution in [3.63, 3.8) is 0 Å². The number of rotatable bonds is 3. The van der Waals surface area contributed by atoms with E-state index in [9.17, 15) is 23.3 Å². The zero-order chi connectivity index (χ0) is 16.7. The molecule has 1 heterocycles. The lowest BCUT2D eigenvalue weighted by Crippen LogP contribution is -2.09. The summed E-state index contributed by atoms with van der Waals surface area (Å²) in [6.07, 6.45) is -4.88. The monoisotopic (exact) mass is 337 g/mol. The van der Waals surface area contributed by atoms with Crippen LogP contribution in [0.3, 0.4) is 0 Å². The van der Waals surface area contributed by atoms with Crippen molar-refractivity contribution in [2.24, 2.45) is 0 Å². The molecule has 2 aromatic rings. The van der Waals surface area contributed by atoms with Gasteiger partial charge in [-0.25, -0.2) is 4.98 Å². The number of methoxy groups -OCH3 is 2. The van der Waals surface area contributed by atoms with Gasteiger partial charge in [-0.2, -0.15) is 18.2 Å². The molecule has 0 amide bonds. The van der Waals surface area contributed by atoms with Crippen LogP contribution in [0.25, 0.3) is 11.0 Å². The molecule has 0 N–H and O–H groups in total. The molecule has 0 fully saturated rings. The number of nitro groups is 1. The molecule has 11 heteroatoms. The van der Waals surface area contributed by atoms with Crippen LogP contribution in [-0.2, 0) is 6.18 Å². The van der Waals surface area contributed by atoms with Crippen molar-refractivity contribution >= 4 is 28.3 Å². The smallest absolute Gasteiger partial charge is 0.418 e. The van der Waals surface area contributed by atoms with Crippen LogP contribution in [-0.4, -0.2) is 29.1 Å². The summed E-state index contributed by atoms with van der Waals surface area (Å²) in [5, 5.41) is 10.0. The molecular formula is C11H7ClF3N3O4. The first-order valence-electron chi connectivity index (χ1n) is 5.54. The van der Waals surface area contributed by atoms with Crippen molar-refractivity contribution in [1.82, 2.24) is 9.97 Å². The van der Waals surface area contributed by atoms with Crippen molar-refractivity contribution in [2.45, 2.75) is 6.18 Å². The zero-order valence-corrected chi connectivity index (χ0v) is 11.8. The minimum atomic E-state index is -4.88. The molecule has 0 atom stereocenters. The number of halogens is 4. The van der Waals surface area contributed by atoms with E-state index in [2.05, 4.69) is 9.97 Å². The van der Waals surface area contributed by atoms with Gasteiger partial charge in [0.1, 0.15) is 10.5 Å². The van der Waals surface area contributed by atoms with Crippen molar-refractivity contribution in [3.05, 3.63) is 26.8 Å². The minimum absolute atomic E-state index is 0.209. The first kappa shape index (κ1) is 16.0. The zero-order valence-electron chi connectivity index (χ0n) is 11.1. The van der Waals surface area contributed by atoms with Crippen LogP contribution in [0, 0.1) is 10.1 Å². The van der Waals surface area contributed by atoms with Crippen LogP contribution < -0.4 is 9.47 Å². The van der Waals surface area contributed by atoms with Crippen LogP contribution in [0.15, 0.2) is 6.07 Å². The summed E-state index contributed by atoms with van der Waals surface area (Å²) in [5.74, 6) is -0.423. The normalized spacial score (nSPS) is 11.5. The lowest BCUT2D eigenvalue weighted by Gasteiger charge is -2.12. The predicted octanol–water partition coefficient (Wildman–Crippen LogP) is 3.23. The second-order valence-corrected chi connectivity index (χ2v) is 4.33. The Bertz CT molecular complexity index is 767. The molecule has 118 valence electrons. The highest BCUT2D eigenvalue weighted by Gasteiger charge is 2.39. The van der Waals surface area contributed by atoms with Gasteiger partial charge in [-0.3, -0.25) is 10.1 Å². The van der Waals surface area contributed by atoms with E-state index in [1.54, 1.807) is 0 Å². The quantitative estimate of drug-likeness (QED) is 0.631. The van der Waals surface area contributed by atoms with Crippen molar-refractivity contribution in [2.75, 3.05) is 14.2 Å². The van der Waals surface area contributed by atoms with Crippen molar-refractivity contribution in [3.8, 4) is 11.8 Å². The highest BCUT2D eigenvalue weighted by atomic mass is 35.5. The number of nitro benzene ring substituents is 1. The van der Waals surface area contributed by atoms with Gasteiger partial charge in [0.05, 0.1) is 24.7 Å². The number of nitrogens with zero attached hydrogens (tertiary/aromatic N) is 3. The number of fused-ring (bicyclic) bond motifs is 1. The molecule has 22 heavy (non-hydrogen) atoms. The van der Waals surface area contributed by atoms with E-state index in [4.69, 9.17) is 21.1 Å². The fourth-order valence-electron chi connectivity index (χ4n) is 1.76. The van der Waals surface area contributed by atoms with Gasteiger partial charge in [0.2, 0.25) is 0 Å². The van der Waals surface area contributed by atoms with Crippen LogP contribution in [0.4, 0.5) is 18.9 Å². The van der Waals surface area contributed by atoms with E-state index in [-0.39, 0.29) is 17.3 Å². The van der Waals surface area contributed by atoms with Gasteiger partial charge in [0.15, 0.2) is 5.52 Å². The highest BCUT2D eigenvalue weighted by Crippen LogP contribution is 2.43. The number of hydrogen-bond acceptors (Lipinski definition) is 6. The lowest BCUT2D eigenvalue weighted by molar-refractivity contribution is -0.383. The Morgan fingerprint density at radius 1 is 1.23 bits per heavy atom. The molecule has 0 aliphatic heterocycles. The van der Waals surface area contributed by atoms with E-state index in [0.29, 0.717) is 6.07 Å². The second kappa shape index (κ2) is 5.44. The first-order chi connectivity index (χ1) is 10.2. The predicted molar refractivity (Wildman–Crippen MR) is 69.3 cm³/mol. The van der Waals surface area contributed by atoms with Gasteiger partial charge in [-0.15, -0.1) is 0 Å². The van der Waals surface area contributed by atoms with Gasteiger partial charge in [-0.05, 0) is 6.07 Å². The van der Waals surface area contributed by atoms with E-state index >= 15 is 0 Å². The Morgan fingerprint density at radius 3 is 2.23 bits per heavy atom. The molecule has 0 bridgehead atoms. The summed E-state index contributed by atoms with van der Waals surface area (Å²) in [6.45, 7) is 0. The van der Waals surface area contributed by atoms with Crippen molar-refractivity contribution < 1.29 is 27.6 Å². The Kier molecular flexibility index (Phi) is 3.96. The van der Waals surface area contributed by atoms with E-state index in [1.165, 1.54) is 14.2 Å². The summed E-state index contributed by atoms with van der Waals surface area (Å²) in [6, 6.07) is 0.569. The number of alkyl halides is 3. The number of ether oxygens (including phenoxy) is 2. The van der Waals surface area contributed by atoms with Crippen molar-refractivity contribution in [1.29, 1.82) is 0 Å². The molecule has 0 aliphatic rings. The van der Waals surface area contributed by atoms with Crippen LogP contribution in [0.5, 0.6) is 11.8 Å². The Labute approximate surface area is 125 Å². The van der Waals surface area contributed by atoms with E-state index in [0.717, 1.165) is 0 Å². The first-order valence-corrected chi connectivity index (χ1v) is 5.92. The Balaban J connectivity index is 2.96. The summed E-state index contributed by atoms with van der Waals surface area (Å²) in [7, 11) is 2.41. The number of aromatic nitrogens is 2. The molecule has 0 aliphatic carbocycles. The summed E-state index contributed by atoms with van der Waals surface area (Å²) in [4.78, 5) is 17.5. The van der Waals surface area contributed by atoms with Gasteiger partial charge < -0.3 is 9.47 Å². The molecule has 0 saturated heterocycles. The average molecular weight is 338 g/mol. The lowest BCUT2D eigenvalue weighted by atomic mass is 10.1. The molecular weight excluding hydrogens is 331 g/mol. The van der Waals surface area contributed by atoms with Gasteiger partial charge in [-0.1, -0.05) is 11.6 Å². The SMILES string of the molecule is COc1nc2cc(C(F)(F)F)c(Cl)c([N+](=O)[O-])c2nc1OC. The fraction of sp³-hybridized carbons (Fsp3) is 0.273. The molecule has 0 unspecified atom stereocenters. The topological polar surface area (TPSA) is 87.4 Å². The van der Waals surface area contributed by atoms with E-state index in [1.807, 2.05) is 0 Å². The molecule has 0 spiro atoms. The maximum atomic E-state index is 12.9. The third-order valence-electron chi connectivity index (χ3n) is 2.69. The Hall–Kier alpha value is -2.36. The third kappa shape index (κ3) is 2.56. The highest BCUT2D eigenvalue weighted by molar-refractivity contribution is 6.34. The molecule has 1 aromatic carbocycles. The summed E-state index contributed by atoms with van der Waals surface area (Å²) in [5.41, 5.74) is -3.20.